The Morgan fingerprint density at radius 1 is 1.32 bits per heavy atom. The first-order valence-electron chi connectivity index (χ1n) is 6.38. The Labute approximate surface area is 128 Å². The van der Waals surface area contributed by atoms with Gasteiger partial charge in [-0.3, -0.25) is 9.69 Å². The van der Waals surface area contributed by atoms with Gasteiger partial charge in [0.2, 0.25) is 5.91 Å². The Kier molecular flexibility index (Phi) is 6.83. The zero-order valence-electron chi connectivity index (χ0n) is 11.6. The van der Waals surface area contributed by atoms with E-state index in [9.17, 15) is 4.79 Å². The van der Waals surface area contributed by atoms with E-state index in [0.29, 0.717) is 13.1 Å². The van der Waals surface area contributed by atoms with Gasteiger partial charge in [-0.25, -0.2) is 0 Å². The summed E-state index contributed by atoms with van der Waals surface area (Å²) in [6.45, 7) is 6.57. The van der Waals surface area contributed by atoms with Crippen LogP contribution in [0, 0.1) is 0 Å². The fourth-order valence-electron chi connectivity index (χ4n) is 1.90. The van der Waals surface area contributed by atoms with Crippen molar-refractivity contribution in [3.63, 3.8) is 0 Å². The van der Waals surface area contributed by atoms with Crippen molar-refractivity contribution in [1.82, 2.24) is 9.80 Å². The molecule has 0 radical (unpaired) electrons. The fraction of sp³-hybridized carbons (Fsp3) is 0.500. The van der Waals surface area contributed by atoms with Crippen LogP contribution in [0.1, 0.15) is 19.4 Å². The summed E-state index contributed by atoms with van der Waals surface area (Å²) in [5, 5.41) is 0.719. The highest BCUT2D eigenvalue weighted by Crippen LogP contribution is 2.22. The van der Waals surface area contributed by atoms with Crippen LogP contribution < -0.4 is 0 Å². The predicted molar refractivity (Wildman–Crippen MR) is 83.4 cm³/mol. The third-order valence-electron chi connectivity index (χ3n) is 2.98. The number of amides is 1. The van der Waals surface area contributed by atoms with Crippen molar-refractivity contribution in [3.05, 3.63) is 33.3 Å². The van der Waals surface area contributed by atoms with Gasteiger partial charge in [0.25, 0.3) is 0 Å². The lowest BCUT2D eigenvalue weighted by molar-refractivity contribution is -0.131. The molecular formula is C14H20BrClN2O. The van der Waals surface area contributed by atoms with E-state index in [1.54, 1.807) is 0 Å². The van der Waals surface area contributed by atoms with Crippen LogP contribution in [0.2, 0.25) is 5.02 Å². The van der Waals surface area contributed by atoms with E-state index < -0.39 is 0 Å². The van der Waals surface area contributed by atoms with E-state index in [1.165, 1.54) is 0 Å². The third-order valence-corrected chi connectivity index (χ3v) is 3.82. The molecule has 1 aromatic rings. The molecule has 0 atom stereocenters. The number of nitrogens with zero attached hydrogens (tertiary/aromatic N) is 2. The summed E-state index contributed by atoms with van der Waals surface area (Å²) in [6.07, 6.45) is 0. The molecule has 0 heterocycles. The number of halogens is 2. The molecule has 106 valence electrons. The molecule has 1 rings (SSSR count). The Balaban J connectivity index is 2.60. The first kappa shape index (κ1) is 16.5. The first-order chi connectivity index (χ1) is 8.97. The van der Waals surface area contributed by atoms with Crippen LogP contribution in [0.15, 0.2) is 22.7 Å². The maximum absolute atomic E-state index is 12.0. The minimum absolute atomic E-state index is 0.153. The van der Waals surface area contributed by atoms with E-state index >= 15 is 0 Å². The SMILES string of the molecule is CCN(CC)C(=O)CN(C)Cc1ccc(Br)cc1Cl. The third kappa shape index (κ3) is 5.13. The van der Waals surface area contributed by atoms with Crippen LogP contribution in [0.25, 0.3) is 0 Å². The van der Waals surface area contributed by atoms with E-state index in [0.717, 1.165) is 28.1 Å². The smallest absolute Gasteiger partial charge is 0.236 e. The maximum Gasteiger partial charge on any atom is 0.236 e. The molecule has 0 saturated carbocycles. The maximum atomic E-state index is 12.0. The highest BCUT2D eigenvalue weighted by atomic mass is 79.9. The van der Waals surface area contributed by atoms with Crippen LogP contribution in [0.4, 0.5) is 0 Å². The number of benzene rings is 1. The molecule has 3 nitrogen and oxygen atoms in total. The van der Waals surface area contributed by atoms with Gasteiger partial charge in [0.1, 0.15) is 0 Å². The van der Waals surface area contributed by atoms with Gasteiger partial charge in [0, 0.05) is 29.1 Å². The van der Waals surface area contributed by atoms with Gasteiger partial charge in [-0.1, -0.05) is 33.6 Å². The molecule has 1 aromatic carbocycles. The van der Waals surface area contributed by atoms with Gasteiger partial charge in [-0.15, -0.1) is 0 Å². The second-order valence-electron chi connectivity index (χ2n) is 4.47. The van der Waals surface area contributed by atoms with Gasteiger partial charge in [-0.05, 0) is 38.6 Å². The average molecular weight is 348 g/mol. The average Bonchev–Trinajstić information content (AvgIpc) is 2.34. The summed E-state index contributed by atoms with van der Waals surface area (Å²) in [7, 11) is 1.93. The summed E-state index contributed by atoms with van der Waals surface area (Å²) in [5.41, 5.74) is 1.03. The molecule has 0 spiro atoms. The lowest BCUT2D eigenvalue weighted by Crippen LogP contribution is -2.38. The summed E-state index contributed by atoms with van der Waals surface area (Å²) in [5.74, 6) is 0.153. The quantitative estimate of drug-likeness (QED) is 0.787. The molecule has 0 fully saturated rings. The van der Waals surface area contributed by atoms with Crippen LogP contribution in [-0.4, -0.2) is 42.4 Å². The summed E-state index contributed by atoms with van der Waals surface area (Å²) in [4.78, 5) is 15.8. The largest absolute Gasteiger partial charge is 0.342 e. The minimum atomic E-state index is 0.153. The second kappa shape index (κ2) is 7.88. The first-order valence-corrected chi connectivity index (χ1v) is 7.55. The van der Waals surface area contributed by atoms with Gasteiger partial charge in [0.05, 0.1) is 6.54 Å². The van der Waals surface area contributed by atoms with Gasteiger partial charge < -0.3 is 4.90 Å². The summed E-state index contributed by atoms with van der Waals surface area (Å²) < 4.78 is 0.961. The van der Waals surface area contributed by atoms with E-state index in [-0.39, 0.29) is 5.91 Å². The van der Waals surface area contributed by atoms with Crippen molar-refractivity contribution in [2.45, 2.75) is 20.4 Å². The van der Waals surface area contributed by atoms with Gasteiger partial charge in [-0.2, -0.15) is 0 Å². The molecule has 0 aliphatic heterocycles. The highest BCUT2D eigenvalue weighted by molar-refractivity contribution is 9.10. The van der Waals surface area contributed by atoms with E-state index in [1.807, 2.05) is 48.9 Å². The lowest BCUT2D eigenvalue weighted by Gasteiger charge is -2.23. The van der Waals surface area contributed by atoms with Crippen LogP contribution >= 0.6 is 27.5 Å². The number of carbonyl (C=O) groups is 1. The predicted octanol–water partition coefficient (Wildman–Crippen LogP) is 3.40. The van der Waals surface area contributed by atoms with Crippen molar-refractivity contribution in [1.29, 1.82) is 0 Å². The molecule has 1 amide bonds. The topological polar surface area (TPSA) is 23.6 Å². The number of carbonyl (C=O) groups excluding carboxylic acids is 1. The fourth-order valence-corrected chi connectivity index (χ4v) is 2.64. The number of rotatable bonds is 6. The van der Waals surface area contributed by atoms with Crippen molar-refractivity contribution >= 4 is 33.4 Å². The highest BCUT2D eigenvalue weighted by Gasteiger charge is 2.13. The van der Waals surface area contributed by atoms with Crippen LogP contribution in [0.3, 0.4) is 0 Å². The zero-order valence-corrected chi connectivity index (χ0v) is 14.0. The molecule has 19 heavy (non-hydrogen) atoms. The number of hydrogen-bond donors (Lipinski definition) is 0. The monoisotopic (exact) mass is 346 g/mol. The van der Waals surface area contributed by atoms with E-state index in [4.69, 9.17) is 11.6 Å². The molecule has 0 aliphatic carbocycles. The van der Waals surface area contributed by atoms with E-state index in [2.05, 4.69) is 15.9 Å². The minimum Gasteiger partial charge on any atom is -0.342 e. The number of hydrogen-bond acceptors (Lipinski definition) is 2. The normalized spacial score (nSPS) is 10.8. The second-order valence-corrected chi connectivity index (χ2v) is 5.80. The lowest BCUT2D eigenvalue weighted by atomic mass is 10.2. The van der Waals surface area contributed by atoms with Crippen molar-refractivity contribution < 1.29 is 4.79 Å². The van der Waals surface area contributed by atoms with Gasteiger partial charge >= 0.3 is 0 Å². The van der Waals surface area contributed by atoms with Crippen LogP contribution in [-0.2, 0) is 11.3 Å². The zero-order chi connectivity index (χ0) is 14.4. The van der Waals surface area contributed by atoms with Crippen molar-refractivity contribution in [3.8, 4) is 0 Å². The molecule has 0 saturated heterocycles. The standard InChI is InChI=1S/C14H20BrClN2O/c1-4-18(5-2)14(19)10-17(3)9-11-6-7-12(15)8-13(11)16/h6-8H,4-5,9-10H2,1-3H3. The molecule has 5 heteroatoms. The Bertz CT molecular complexity index is 435. The molecule has 0 aromatic heterocycles. The molecule has 0 unspecified atom stereocenters. The summed E-state index contributed by atoms with van der Waals surface area (Å²) >= 11 is 9.56. The summed E-state index contributed by atoms with van der Waals surface area (Å²) in [6, 6.07) is 5.81. The van der Waals surface area contributed by atoms with Crippen molar-refractivity contribution in [2.24, 2.45) is 0 Å². The number of likely N-dealkylation sites (N-methyl/N-ethyl adjacent to an activating group) is 2. The van der Waals surface area contributed by atoms with Gasteiger partial charge in [0.15, 0.2) is 0 Å². The Morgan fingerprint density at radius 3 is 2.47 bits per heavy atom. The van der Waals surface area contributed by atoms with Crippen molar-refractivity contribution in [2.75, 3.05) is 26.7 Å². The van der Waals surface area contributed by atoms with Crippen LogP contribution in [0.5, 0.6) is 0 Å². The molecule has 0 N–H and O–H groups in total. The Hall–Kier alpha value is -0.580. The Morgan fingerprint density at radius 2 is 1.95 bits per heavy atom. The molecule has 0 bridgehead atoms. The molecule has 0 aliphatic rings. The molecular weight excluding hydrogens is 328 g/mol.